The Morgan fingerprint density at radius 3 is 2.30 bits per heavy atom. The van der Waals surface area contributed by atoms with Gasteiger partial charge in [-0.15, -0.1) is 0 Å². The van der Waals surface area contributed by atoms with E-state index in [-0.39, 0.29) is 0 Å². The van der Waals surface area contributed by atoms with E-state index in [9.17, 15) is 0 Å². The summed E-state index contributed by atoms with van der Waals surface area (Å²) < 4.78 is 0. The van der Waals surface area contributed by atoms with E-state index >= 15 is 0 Å². The van der Waals surface area contributed by atoms with E-state index in [2.05, 4.69) is 19.2 Å². The molecular weight excluding hydrogens is 122 g/mol. The molecule has 1 nitrogen and oxygen atoms in total. The van der Waals surface area contributed by atoms with Crippen molar-refractivity contribution in [2.75, 3.05) is 0 Å². The highest BCUT2D eigenvalue weighted by atomic mass is 15.0. The normalized spacial score (nSPS) is 29.1. The van der Waals surface area contributed by atoms with Gasteiger partial charge in [0.25, 0.3) is 0 Å². The molecule has 0 unspecified atom stereocenters. The quantitative estimate of drug-likeness (QED) is 0.616. The highest BCUT2D eigenvalue weighted by Crippen LogP contribution is 2.60. The van der Waals surface area contributed by atoms with E-state index in [1.807, 2.05) is 0 Å². The number of hydrogen-bond donors (Lipinski definition) is 1. The molecule has 0 heterocycles. The second-order valence-corrected chi connectivity index (χ2v) is 4.43. The largest absolute Gasteiger partial charge is 0.312 e. The summed E-state index contributed by atoms with van der Waals surface area (Å²) in [5, 5.41) is 3.57. The van der Waals surface area contributed by atoms with Crippen LogP contribution in [0, 0.1) is 5.41 Å². The lowest BCUT2D eigenvalue weighted by molar-refractivity contribution is 0.189. The lowest BCUT2D eigenvalue weighted by Crippen LogP contribution is -2.45. The van der Waals surface area contributed by atoms with Crippen molar-refractivity contribution in [1.82, 2.24) is 5.32 Å². The minimum Gasteiger partial charge on any atom is -0.312 e. The smallest absolute Gasteiger partial charge is 0.00800 e. The molecule has 1 spiro atoms. The second-order valence-electron chi connectivity index (χ2n) is 4.43. The van der Waals surface area contributed by atoms with Gasteiger partial charge in [-0.2, -0.15) is 0 Å². The standard InChI is InChI=1S/C9H17N/c1-7(2)10-8-5-9(6-8)3-4-9/h7-8,10H,3-6H2,1-2H3. The van der Waals surface area contributed by atoms with Crippen LogP contribution in [0.25, 0.3) is 0 Å². The molecule has 2 aliphatic carbocycles. The van der Waals surface area contributed by atoms with Crippen LogP contribution in [0.4, 0.5) is 0 Å². The van der Waals surface area contributed by atoms with E-state index in [0.29, 0.717) is 6.04 Å². The van der Waals surface area contributed by atoms with Crippen LogP contribution >= 0.6 is 0 Å². The van der Waals surface area contributed by atoms with Crippen molar-refractivity contribution in [2.45, 2.75) is 51.6 Å². The van der Waals surface area contributed by atoms with Gasteiger partial charge in [0.1, 0.15) is 0 Å². The van der Waals surface area contributed by atoms with Gasteiger partial charge in [-0.1, -0.05) is 13.8 Å². The van der Waals surface area contributed by atoms with Gasteiger partial charge in [0.2, 0.25) is 0 Å². The Balaban J connectivity index is 1.70. The van der Waals surface area contributed by atoms with Gasteiger partial charge in [0.05, 0.1) is 0 Å². The SMILES string of the molecule is CC(C)NC1CC2(CC2)C1. The van der Waals surface area contributed by atoms with Crippen molar-refractivity contribution in [3.8, 4) is 0 Å². The van der Waals surface area contributed by atoms with Gasteiger partial charge in [-0.3, -0.25) is 0 Å². The Hall–Kier alpha value is -0.0400. The first-order chi connectivity index (χ1) is 4.70. The average molecular weight is 139 g/mol. The molecule has 2 rings (SSSR count). The van der Waals surface area contributed by atoms with Crippen LogP contribution in [0.15, 0.2) is 0 Å². The van der Waals surface area contributed by atoms with Gasteiger partial charge in [0, 0.05) is 12.1 Å². The monoisotopic (exact) mass is 139 g/mol. The Bertz CT molecular complexity index is 125. The maximum absolute atomic E-state index is 3.57. The van der Waals surface area contributed by atoms with E-state index < -0.39 is 0 Å². The summed E-state index contributed by atoms with van der Waals surface area (Å²) in [7, 11) is 0. The van der Waals surface area contributed by atoms with Gasteiger partial charge < -0.3 is 5.32 Å². The summed E-state index contributed by atoms with van der Waals surface area (Å²) in [6.07, 6.45) is 5.96. The first-order valence-electron chi connectivity index (χ1n) is 4.46. The average Bonchev–Trinajstić information content (AvgIpc) is 2.41. The van der Waals surface area contributed by atoms with Crippen LogP contribution in [0.2, 0.25) is 0 Å². The molecule has 0 aromatic rings. The van der Waals surface area contributed by atoms with Crippen molar-refractivity contribution >= 4 is 0 Å². The minimum atomic E-state index is 0.682. The maximum atomic E-state index is 3.57. The Morgan fingerprint density at radius 2 is 1.90 bits per heavy atom. The number of rotatable bonds is 2. The molecule has 1 N–H and O–H groups in total. The summed E-state index contributed by atoms with van der Waals surface area (Å²) in [4.78, 5) is 0. The van der Waals surface area contributed by atoms with Gasteiger partial charge >= 0.3 is 0 Å². The zero-order valence-corrected chi connectivity index (χ0v) is 6.98. The third kappa shape index (κ3) is 1.07. The predicted octanol–water partition coefficient (Wildman–Crippen LogP) is 1.93. The van der Waals surface area contributed by atoms with Crippen LogP contribution in [0.1, 0.15) is 39.5 Å². The molecule has 2 saturated carbocycles. The first kappa shape index (κ1) is 6.66. The Kier molecular flexibility index (Phi) is 1.31. The molecule has 58 valence electrons. The van der Waals surface area contributed by atoms with Crippen molar-refractivity contribution in [1.29, 1.82) is 0 Å². The second kappa shape index (κ2) is 1.97. The van der Waals surface area contributed by atoms with E-state index in [1.165, 1.54) is 25.7 Å². The fourth-order valence-electron chi connectivity index (χ4n) is 2.16. The highest BCUT2D eigenvalue weighted by Gasteiger charge is 2.52. The van der Waals surface area contributed by atoms with Gasteiger partial charge in [-0.25, -0.2) is 0 Å². The number of nitrogens with one attached hydrogen (secondary N) is 1. The van der Waals surface area contributed by atoms with Crippen molar-refractivity contribution < 1.29 is 0 Å². The molecule has 2 aliphatic rings. The van der Waals surface area contributed by atoms with Crippen LogP contribution in [-0.4, -0.2) is 12.1 Å². The lowest BCUT2D eigenvalue weighted by Gasteiger charge is -2.37. The van der Waals surface area contributed by atoms with E-state index in [1.54, 1.807) is 0 Å². The van der Waals surface area contributed by atoms with E-state index in [4.69, 9.17) is 0 Å². The van der Waals surface area contributed by atoms with Crippen LogP contribution in [0.3, 0.4) is 0 Å². The van der Waals surface area contributed by atoms with Crippen LogP contribution in [0.5, 0.6) is 0 Å². The molecule has 0 aliphatic heterocycles. The molecule has 0 aromatic heterocycles. The van der Waals surface area contributed by atoms with Crippen molar-refractivity contribution in [3.05, 3.63) is 0 Å². The minimum absolute atomic E-state index is 0.682. The fraction of sp³-hybridized carbons (Fsp3) is 1.00. The zero-order chi connectivity index (χ0) is 7.19. The summed E-state index contributed by atoms with van der Waals surface area (Å²) >= 11 is 0. The third-order valence-corrected chi connectivity index (χ3v) is 2.88. The topological polar surface area (TPSA) is 12.0 Å². The molecule has 0 radical (unpaired) electrons. The van der Waals surface area contributed by atoms with Crippen molar-refractivity contribution in [3.63, 3.8) is 0 Å². The molecule has 2 fully saturated rings. The Morgan fingerprint density at radius 1 is 1.30 bits per heavy atom. The highest BCUT2D eigenvalue weighted by molar-refractivity contribution is 5.06. The maximum Gasteiger partial charge on any atom is 0.00800 e. The third-order valence-electron chi connectivity index (χ3n) is 2.88. The summed E-state index contributed by atoms with van der Waals surface area (Å²) in [5.74, 6) is 0. The fourth-order valence-corrected chi connectivity index (χ4v) is 2.16. The van der Waals surface area contributed by atoms with Crippen LogP contribution < -0.4 is 5.32 Å². The van der Waals surface area contributed by atoms with E-state index in [0.717, 1.165) is 11.5 Å². The summed E-state index contributed by atoms with van der Waals surface area (Å²) in [6, 6.07) is 1.54. The predicted molar refractivity (Wildman–Crippen MR) is 43.0 cm³/mol. The summed E-state index contributed by atoms with van der Waals surface area (Å²) in [5.41, 5.74) is 0.868. The molecule has 1 heteroatoms. The molecule has 0 bridgehead atoms. The molecule has 0 amide bonds. The molecule has 10 heavy (non-hydrogen) atoms. The molecule has 0 atom stereocenters. The molecule has 0 aromatic carbocycles. The Labute approximate surface area is 63.2 Å². The number of hydrogen-bond acceptors (Lipinski definition) is 1. The van der Waals surface area contributed by atoms with Crippen LogP contribution in [-0.2, 0) is 0 Å². The zero-order valence-electron chi connectivity index (χ0n) is 6.98. The lowest BCUT2D eigenvalue weighted by atomic mass is 9.77. The first-order valence-corrected chi connectivity index (χ1v) is 4.46. The van der Waals surface area contributed by atoms with Crippen molar-refractivity contribution in [2.24, 2.45) is 5.41 Å². The summed E-state index contributed by atoms with van der Waals surface area (Å²) in [6.45, 7) is 4.47. The van der Waals surface area contributed by atoms with Gasteiger partial charge in [0.15, 0.2) is 0 Å². The molecule has 0 saturated heterocycles. The van der Waals surface area contributed by atoms with Gasteiger partial charge in [-0.05, 0) is 31.1 Å². The molecular formula is C9H17N.